The van der Waals surface area contributed by atoms with Gasteiger partial charge in [-0.25, -0.2) is 9.59 Å². The van der Waals surface area contributed by atoms with Crippen molar-refractivity contribution in [2.45, 2.75) is 110 Å². The van der Waals surface area contributed by atoms with Gasteiger partial charge in [0.05, 0.1) is 5.60 Å². The van der Waals surface area contributed by atoms with Gasteiger partial charge < -0.3 is 40.9 Å². The first-order valence-electron chi connectivity index (χ1n) is 20.9. The number of hydrogen-bond acceptors (Lipinski definition) is 6. The van der Waals surface area contributed by atoms with Gasteiger partial charge in [-0.1, -0.05) is 75.7 Å². The smallest absolute Gasteiger partial charge is 0.317 e. The van der Waals surface area contributed by atoms with Crippen LogP contribution in [0.4, 0.5) is 9.59 Å². The molecule has 11 heteroatoms. The molecule has 2 aliphatic rings. The molecule has 5 N–H and O–H groups in total. The number of likely N-dealkylation sites (N-methyl/N-ethyl adjacent to an activating group) is 2. The van der Waals surface area contributed by atoms with E-state index in [1.54, 1.807) is 7.11 Å². The third-order valence-corrected chi connectivity index (χ3v) is 11.0. The molecule has 0 radical (unpaired) electrons. The lowest BCUT2D eigenvalue weighted by Gasteiger charge is -2.44. The van der Waals surface area contributed by atoms with Crippen molar-refractivity contribution in [3.63, 3.8) is 0 Å². The largest absolute Gasteiger partial charge is 0.385 e. The molecule has 2 saturated heterocycles. The Kier molecular flexibility index (Phi) is 20.9. The number of halogens is 1. The quantitative estimate of drug-likeness (QED) is 0.0983. The van der Waals surface area contributed by atoms with Crippen molar-refractivity contribution in [2.75, 3.05) is 67.1 Å². The van der Waals surface area contributed by atoms with Crippen molar-refractivity contribution in [1.29, 1.82) is 0 Å². The summed E-state index contributed by atoms with van der Waals surface area (Å²) in [6.07, 6.45) is 9.52. The Balaban J connectivity index is 0.000000399. The van der Waals surface area contributed by atoms with Gasteiger partial charge in [-0.3, -0.25) is 0 Å². The number of unbranched alkanes of at least 4 members (excludes halogenated alkanes) is 1. The number of ether oxygens (including phenoxy) is 1. The minimum atomic E-state index is -1.09. The maximum atomic E-state index is 13.4. The van der Waals surface area contributed by atoms with Crippen LogP contribution in [0, 0.1) is 17.8 Å². The number of methoxy groups -OCH3 is 1. The fourth-order valence-electron chi connectivity index (χ4n) is 8.17. The monoisotopic (exact) mass is 785 g/mol. The van der Waals surface area contributed by atoms with Crippen molar-refractivity contribution in [1.82, 2.24) is 31.1 Å². The number of rotatable bonds is 18. The molecule has 0 bridgehead atoms. The maximum Gasteiger partial charge on any atom is 0.317 e. The van der Waals surface area contributed by atoms with Gasteiger partial charge in [0.2, 0.25) is 0 Å². The lowest BCUT2D eigenvalue weighted by molar-refractivity contribution is -0.0559. The molecule has 2 heterocycles. The SMILES string of the molecule is CNC[C@H](CC(C)C)NC(=O)N1CCCCC1.CNC[C@H](CC(C)C)NC(=O)N1CCC[C@@H]([C@@](O)(CCCCOC)c2ccccc2-c2cccc(Cl)c2)C1. The number of aliphatic hydroxyl groups is 1. The summed E-state index contributed by atoms with van der Waals surface area (Å²) in [5, 5.41) is 26.0. The van der Waals surface area contributed by atoms with Gasteiger partial charge >= 0.3 is 12.1 Å². The molecule has 4 amide bonds. The third-order valence-electron chi connectivity index (χ3n) is 10.8. The van der Waals surface area contributed by atoms with E-state index in [9.17, 15) is 14.7 Å². The molecule has 2 aliphatic heterocycles. The van der Waals surface area contributed by atoms with E-state index in [-0.39, 0.29) is 30.1 Å². The zero-order valence-electron chi connectivity index (χ0n) is 35.0. The number of carbonyl (C=O) groups is 2. The van der Waals surface area contributed by atoms with E-state index in [2.05, 4.69) is 55.0 Å². The number of piperidine rings is 2. The van der Waals surface area contributed by atoms with Crippen molar-refractivity contribution in [2.24, 2.45) is 17.8 Å². The fourth-order valence-corrected chi connectivity index (χ4v) is 8.36. The summed E-state index contributed by atoms with van der Waals surface area (Å²) >= 11 is 6.35. The summed E-state index contributed by atoms with van der Waals surface area (Å²) in [4.78, 5) is 29.3. The Bertz CT molecular complexity index is 1410. The van der Waals surface area contributed by atoms with Gasteiger partial charge in [0.15, 0.2) is 0 Å². The third kappa shape index (κ3) is 15.5. The van der Waals surface area contributed by atoms with Crippen LogP contribution in [0.1, 0.15) is 97.5 Å². The summed E-state index contributed by atoms with van der Waals surface area (Å²) < 4.78 is 5.28. The number of benzene rings is 2. The normalized spacial score (nSPS) is 18.3. The second-order valence-electron chi connectivity index (χ2n) is 16.4. The van der Waals surface area contributed by atoms with Crippen LogP contribution in [0.2, 0.25) is 5.02 Å². The average Bonchev–Trinajstić information content (AvgIpc) is 3.17. The zero-order valence-corrected chi connectivity index (χ0v) is 35.7. The number of carbonyl (C=O) groups excluding carboxylic acids is 2. The van der Waals surface area contributed by atoms with Crippen LogP contribution in [-0.4, -0.2) is 106 Å². The highest BCUT2D eigenvalue weighted by atomic mass is 35.5. The fraction of sp³-hybridized carbons (Fsp3) is 0.682. The van der Waals surface area contributed by atoms with Gasteiger partial charge in [-0.05, 0) is 119 Å². The molecule has 2 aromatic carbocycles. The Labute approximate surface area is 337 Å². The molecule has 0 spiro atoms. The predicted octanol–water partition coefficient (Wildman–Crippen LogP) is 7.88. The van der Waals surface area contributed by atoms with E-state index in [4.69, 9.17) is 16.3 Å². The topological polar surface area (TPSA) is 118 Å². The Hall–Kier alpha value is -2.89. The van der Waals surface area contributed by atoms with Crippen molar-refractivity contribution >= 4 is 23.7 Å². The van der Waals surface area contributed by atoms with E-state index in [1.165, 1.54) is 6.42 Å². The number of likely N-dealkylation sites (tertiary alicyclic amines) is 2. The Morgan fingerprint density at radius 2 is 1.44 bits per heavy atom. The molecule has 55 heavy (non-hydrogen) atoms. The van der Waals surface area contributed by atoms with E-state index in [0.717, 1.165) is 94.2 Å². The molecule has 0 saturated carbocycles. The highest BCUT2D eigenvalue weighted by molar-refractivity contribution is 6.30. The molecule has 0 aromatic heterocycles. The molecule has 4 rings (SSSR count). The summed E-state index contributed by atoms with van der Waals surface area (Å²) in [5.74, 6) is 1.01. The minimum Gasteiger partial charge on any atom is -0.385 e. The van der Waals surface area contributed by atoms with Crippen molar-refractivity contribution < 1.29 is 19.4 Å². The summed E-state index contributed by atoms with van der Waals surface area (Å²) in [5.41, 5.74) is 1.78. The molecule has 310 valence electrons. The Morgan fingerprint density at radius 1 is 0.836 bits per heavy atom. The number of urea groups is 2. The first kappa shape index (κ1) is 46.5. The standard InChI is InChI=1S/C31H46ClN3O3.C13H27N3O/c1-23(2)19-27(21-33-3)34-30(36)35-17-10-12-25(22-35)31(37,16-7-8-18-38-4)29-15-6-5-14-28(29)24-11-9-13-26(32)20-24;1-11(2)9-12(10-14-3)15-13(17)16-7-5-4-6-8-16/h5-6,9,11,13-15,20,23,25,27,33,37H,7-8,10,12,16-19,21-22H2,1-4H3,(H,34,36);11-12,14H,4-10H2,1-3H3,(H,15,17)/t25-,27+,31+;12-/m10/s1. The van der Waals surface area contributed by atoms with Gasteiger partial charge in [-0.15, -0.1) is 0 Å². The van der Waals surface area contributed by atoms with E-state index in [1.807, 2.05) is 66.4 Å². The molecular weight excluding hydrogens is 712 g/mol. The lowest BCUT2D eigenvalue weighted by Crippen LogP contribution is -2.54. The van der Waals surface area contributed by atoms with Crippen LogP contribution < -0.4 is 21.3 Å². The van der Waals surface area contributed by atoms with Crippen molar-refractivity contribution in [3.8, 4) is 11.1 Å². The van der Waals surface area contributed by atoms with Crippen LogP contribution >= 0.6 is 11.6 Å². The van der Waals surface area contributed by atoms with Crippen LogP contribution in [0.15, 0.2) is 48.5 Å². The maximum absolute atomic E-state index is 13.4. The summed E-state index contributed by atoms with van der Waals surface area (Å²) in [6.45, 7) is 14.0. The van der Waals surface area contributed by atoms with E-state index < -0.39 is 5.60 Å². The second-order valence-corrected chi connectivity index (χ2v) is 16.9. The highest BCUT2D eigenvalue weighted by Crippen LogP contribution is 2.44. The molecule has 2 aromatic rings. The minimum absolute atomic E-state index is 0.0412. The van der Waals surface area contributed by atoms with Gasteiger partial charge in [-0.2, -0.15) is 0 Å². The molecule has 4 atom stereocenters. The van der Waals surface area contributed by atoms with Crippen LogP contribution in [0.25, 0.3) is 11.1 Å². The molecule has 2 fully saturated rings. The summed E-state index contributed by atoms with van der Waals surface area (Å²) in [7, 11) is 5.55. The molecule has 0 aliphatic carbocycles. The Morgan fingerprint density at radius 3 is 2.02 bits per heavy atom. The van der Waals surface area contributed by atoms with Gasteiger partial charge in [0, 0.05) is 76.0 Å². The van der Waals surface area contributed by atoms with Gasteiger partial charge in [0.25, 0.3) is 0 Å². The van der Waals surface area contributed by atoms with Crippen LogP contribution in [0.3, 0.4) is 0 Å². The van der Waals surface area contributed by atoms with Crippen molar-refractivity contribution in [3.05, 3.63) is 59.1 Å². The summed E-state index contributed by atoms with van der Waals surface area (Å²) in [6, 6.07) is 16.3. The van der Waals surface area contributed by atoms with Crippen LogP contribution in [0.5, 0.6) is 0 Å². The van der Waals surface area contributed by atoms with E-state index in [0.29, 0.717) is 43.0 Å². The predicted molar refractivity (Wildman–Crippen MR) is 228 cm³/mol. The lowest BCUT2D eigenvalue weighted by atomic mass is 9.72. The van der Waals surface area contributed by atoms with Gasteiger partial charge in [0.1, 0.15) is 0 Å². The molecule has 10 nitrogen and oxygen atoms in total. The molecular formula is C44H73ClN6O4. The number of nitrogens with one attached hydrogen (secondary N) is 4. The first-order chi connectivity index (χ1) is 26.4. The number of amides is 4. The first-order valence-corrected chi connectivity index (χ1v) is 21.3. The highest BCUT2D eigenvalue weighted by Gasteiger charge is 2.42. The van der Waals surface area contributed by atoms with Crippen LogP contribution in [-0.2, 0) is 10.3 Å². The molecule has 0 unspecified atom stereocenters. The zero-order chi connectivity index (χ0) is 40.2. The number of nitrogens with zero attached hydrogens (tertiary/aromatic N) is 2. The van der Waals surface area contributed by atoms with E-state index >= 15 is 0 Å². The second kappa shape index (κ2) is 24.7. The average molecular weight is 786 g/mol. The number of hydrogen-bond donors (Lipinski definition) is 5.